The third-order valence-corrected chi connectivity index (χ3v) is 4.76. The molecule has 0 atom stereocenters. The van der Waals surface area contributed by atoms with Crippen LogP contribution in [-0.2, 0) is 19.0 Å². The topological polar surface area (TPSA) is 101 Å². The van der Waals surface area contributed by atoms with Crippen LogP contribution in [-0.4, -0.2) is 29.5 Å². The summed E-state index contributed by atoms with van der Waals surface area (Å²) in [4.78, 5) is 10.2. The van der Waals surface area contributed by atoms with Crippen molar-refractivity contribution in [3.05, 3.63) is 70.0 Å². The zero-order chi connectivity index (χ0) is 20.1. The lowest BCUT2D eigenvalue weighted by molar-refractivity contribution is -0.385. The Bertz CT molecular complexity index is 1010. The molecule has 0 saturated carbocycles. The molecule has 1 aromatic carbocycles. The third kappa shape index (κ3) is 4.67. The predicted molar refractivity (Wildman–Crippen MR) is 101 cm³/mol. The quantitative estimate of drug-likeness (QED) is 0.223. The van der Waals surface area contributed by atoms with Gasteiger partial charge in [-0.15, -0.1) is 16.8 Å². The number of nitrogens with zero attached hydrogens (tertiary/aromatic N) is 6. The molecular formula is C16H14ClFN6O3S. The number of ether oxygens (including phenoxy) is 1. The molecule has 0 aliphatic carbocycles. The smallest absolute Gasteiger partial charge is 0.307 e. The lowest BCUT2D eigenvalue weighted by Crippen LogP contribution is -2.08. The van der Waals surface area contributed by atoms with Gasteiger partial charge in [0, 0.05) is 12.6 Å². The fourth-order valence-electron chi connectivity index (χ4n) is 2.20. The van der Waals surface area contributed by atoms with Gasteiger partial charge in [-0.3, -0.25) is 19.4 Å². The number of rotatable bonds is 9. The lowest BCUT2D eigenvalue weighted by atomic mass is 10.3. The molecule has 0 aliphatic heterocycles. The number of nitro groups is 1. The van der Waals surface area contributed by atoms with Crippen LogP contribution >= 0.6 is 23.4 Å². The molecule has 3 aromatic rings. The Morgan fingerprint density at radius 2 is 2.25 bits per heavy atom. The minimum Gasteiger partial charge on any atom is -0.486 e. The average Bonchev–Trinajstić information content (AvgIpc) is 3.29. The van der Waals surface area contributed by atoms with E-state index in [0.29, 0.717) is 29.2 Å². The first-order valence-electron chi connectivity index (χ1n) is 7.88. The monoisotopic (exact) mass is 424 g/mol. The van der Waals surface area contributed by atoms with Gasteiger partial charge in [0.1, 0.15) is 30.6 Å². The van der Waals surface area contributed by atoms with Crippen molar-refractivity contribution < 1.29 is 14.1 Å². The van der Waals surface area contributed by atoms with Crippen molar-refractivity contribution >= 4 is 29.1 Å². The van der Waals surface area contributed by atoms with E-state index in [1.54, 1.807) is 10.6 Å². The highest BCUT2D eigenvalue weighted by molar-refractivity contribution is 7.98. The van der Waals surface area contributed by atoms with Crippen LogP contribution in [0, 0.1) is 15.9 Å². The first kappa shape index (κ1) is 19.8. The van der Waals surface area contributed by atoms with Crippen LogP contribution in [0.5, 0.6) is 5.75 Å². The molecule has 0 bridgehead atoms. The fourth-order valence-corrected chi connectivity index (χ4v) is 3.19. The van der Waals surface area contributed by atoms with Crippen LogP contribution in [0.3, 0.4) is 0 Å². The van der Waals surface area contributed by atoms with Crippen LogP contribution in [0.25, 0.3) is 0 Å². The van der Waals surface area contributed by atoms with E-state index in [2.05, 4.69) is 21.9 Å². The molecule has 0 aliphatic rings. The van der Waals surface area contributed by atoms with E-state index in [4.69, 9.17) is 16.3 Å². The van der Waals surface area contributed by atoms with Crippen molar-refractivity contribution in [3.63, 3.8) is 0 Å². The second kappa shape index (κ2) is 8.85. The zero-order valence-corrected chi connectivity index (χ0v) is 15.9. The summed E-state index contributed by atoms with van der Waals surface area (Å²) < 4.78 is 22.1. The van der Waals surface area contributed by atoms with E-state index in [1.807, 2.05) is 0 Å². The highest BCUT2D eigenvalue weighted by Gasteiger charge is 2.14. The largest absolute Gasteiger partial charge is 0.486 e. The summed E-state index contributed by atoms with van der Waals surface area (Å²) >= 11 is 7.05. The van der Waals surface area contributed by atoms with Crippen molar-refractivity contribution in [1.29, 1.82) is 0 Å². The van der Waals surface area contributed by atoms with E-state index in [-0.39, 0.29) is 17.3 Å². The summed E-state index contributed by atoms with van der Waals surface area (Å²) in [6.45, 7) is 4.26. The predicted octanol–water partition coefficient (Wildman–Crippen LogP) is 3.69. The second-order valence-electron chi connectivity index (χ2n) is 5.43. The SMILES string of the molecule is C=CCn1c(COc2ccc(F)c(Cl)c2)nnc1SCn1cc([N+](=O)[O-])cn1. The Balaban J connectivity index is 1.68. The fraction of sp³-hybridized carbons (Fsp3) is 0.188. The number of allylic oxidation sites excluding steroid dienone is 1. The molecule has 9 nitrogen and oxygen atoms in total. The highest BCUT2D eigenvalue weighted by atomic mass is 35.5. The van der Waals surface area contributed by atoms with Gasteiger partial charge in [0.15, 0.2) is 11.0 Å². The number of aromatic nitrogens is 5. The maximum absolute atomic E-state index is 13.2. The van der Waals surface area contributed by atoms with E-state index in [0.717, 1.165) is 0 Å². The van der Waals surface area contributed by atoms with Gasteiger partial charge in [-0.1, -0.05) is 29.4 Å². The maximum Gasteiger partial charge on any atom is 0.307 e. The van der Waals surface area contributed by atoms with Gasteiger partial charge in [0.25, 0.3) is 0 Å². The van der Waals surface area contributed by atoms with Crippen molar-refractivity contribution in [3.8, 4) is 5.75 Å². The molecule has 12 heteroatoms. The first-order valence-corrected chi connectivity index (χ1v) is 9.24. The van der Waals surface area contributed by atoms with Crippen LogP contribution in [0.15, 0.2) is 48.4 Å². The second-order valence-corrected chi connectivity index (χ2v) is 6.75. The molecular weight excluding hydrogens is 411 g/mol. The molecule has 0 saturated heterocycles. The number of halogens is 2. The first-order chi connectivity index (χ1) is 13.5. The summed E-state index contributed by atoms with van der Waals surface area (Å²) in [5.41, 5.74) is -0.0831. The van der Waals surface area contributed by atoms with Gasteiger partial charge >= 0.3 is 5.69 Å². The summed E-state index contributed by atoms with van der Waals surface area (Å²) in [6, 6.07) is 4.07. The Morgan fingerprint density at radius 1 is 1.43 bits per heavy atom. The summed E-state index contributed by atoms with van der Waals surface area (Å²) in [5, 5.41) is 23.4. The van der Waals surface area contributed by atoms with Crippen molar-refractivity contribution in [2.45, 2.75) is 24.2 Å². The number of thioether (sulfide) groups is 1. The van der Waals surface area contributed by atoms with Gasteiger partial charge < -0.3 is 4.74 Å². The molecule has 0 radical (unpaired) electrons. The van der Waals surface area contributed by atoms with Crippen LogP contribution in [0.4, 0.5) is 10.1 Å². The molecule has 28 heavy (non-hydrogen) atoms. The normalized spacial score (nSPS) is 10.8. The highest BCUT2D eigenvalue weighted by Crippen LogP contribution is 2.23. The number of benzene rings is 1. The molecule has 0 N–H and O–H groups in total. The Morgan fingerprint density at radius 3 is 2.93 bits per heavy atom. The summed E-state index contributed by atoms with van der Waals surface area (Å²) in [6.07, 6.45) is 4.20. The van der Waals surface area contributed by atoms with Gasteiger partial charge in [-0.05, 0) is 12.1 Å². The van der Waals surface area contributed by atoms with Crippen molar-refractivity contribution in [2.75, 3.05) is 0 Å². The Labute approximate surface area is 167 Å². The van der Waals surface area contributed by atoms with Gasteiger partial charge in [-0.25, -0.2) is 4.39 Å². The van der Waals surface area contributed by atoms with Gasteiger partial charge in [0.05, 0.1) is 15.8 Å². The average molecular weight is 425 g/mol. The summed E-state index contributed by atoms with van der Waals surface area (Å²) in [5.74, 6) is 0.727. The van der Waals surface area contributed by atoms with E-state index >= 15 is 0 Å². The van der Waals surface area contributed by atoms with Crippen LogP contribution in [0.2, 0.25) is 5.02 Å². The molecule has 2 heterocycles. The molecule has 0 spiro atoms. The number of hydrogen-bond acceptors (Lipinski definition) is 7. The molecule has 3 rings (SSSR count). The van der Waals surface area contributed by atoms with Crippen LogP contribution in [0.1, 0.15) is 5.82 Å². The van der Waals surface area contributed by atoms with E-state index < -0.39 is 10.7 Å². The molecule has 2 aromatic heterocycles. The maximum atomic E-state index is 13.2. The molecule has 146 valence electrons. The lowest BCUT2D eigenvalue weighted by Gasteiger charge is -2.09. The van der Waals surface area contributed by atoms with Crippen molar-refractivity contribution in [1.82, 2.24) is 24.5 Å². The van der Waals surface area contributed by atoms with Gasteiger partial charge in [-0.2, -0.15) is 5.10 Å². The molecule has 0 unspecified atom stereocenters. The molecule has 0 amide bonds. The minimum absolute atomic E-state index is 0.0328. The molecule has 0 fully saturated rings. The standard InChI is InChI=1S/C16H14ClFN6O3S/c1-2-5-23-15(9-27-12-3-4-14(18)13(17)6-12)20-21-16(23)28-10-22-8-11(7-19-22)24(25)26/h2-4,6-8H,1,5,9-10H2. The van der Waals surface area contributed by atoms with E-state index in [9.17, 15) is 14.5 Å². The third-order valence-electron chi connectivity index (χ3n) is 3.52. The Kier molecular flexibility index (Phi) is 6.26. The minimum atomic E-state index is -0.526. The number of hydrogen-bond donors (Lipinski definition) is 0. The van der Waals surface area contributed by atoms with Gasteiger partial charge in [0.2, 0.25) is 0 Å². The van der Waals surface area contributed by atoms with Crippen molar-refractivity contribution in [2.24, 2.45) is 0 Å². The van der Waals surface area contributed by atoms with E-state index in [1.165, 1.54) is 47.0 Å². The zero-order valence-electron chi connectivity index (χ0n) is 14.4. The Hall–Kier alpha value is -2.92. The summed E-state index contributed by atoms with van der Waals surface area (Å²) in [7, 11) is 0. The van der Waals surface area contributed by atoms with Crippen LogP contribution < -0.4 is 4.74 Å².